The summed E-state index contributed by atoms with van der Waals surface area (Å²) in [7, 11) is 5.71. The molecule has 6 nitrogen and oxygen atoms in total. The van der Waals surface area contributed by atoms with Crippen molar-refractivity contribution in [2.24, 2.45) is 16.3 Å². The Labute approximate surface area is 122 Å². The van der Waals surface area contributed by atoms with Gasteiger partial charge in [0.05, 0.1) is 0 Å². The maximum Gasteiger partial charge on any atom is 0.236 e. The Hall–Kier alpha value is -1.30. The Kier molecular flexibility index (Phi) is 8.22. The maximum absolute atomic E-state index is 12.8. The fourth-order valence-electron chi connectivity index (χ4n) is 2.47. The summed E-state index contributed by atoms with van der Waals surface area (Å²) in [4.78, 5) is 16.5. The van der Waals surface area contributed by atoms with Crippen molar-refractivity contribution in [2.75, 3.05) is 34.2 Å². The van der Waals surface area contributed by atoms with Gasteiger partial charge in [0.25, 0.3) is 0 Å². The van der Waals surface area contributed by atoms with Crippen molar-refractivity contribution in [3.05, 3.63) is 0 Å². The second-order valence-corrected chi connectivity index (χ2v) is 5.60. The van der Waals surface area contributed by atoms with E-state index in [-0.39, 0.29) is 11.7 Å². The topological polar surface area (TPSA) is 82.2 Å². The van der Waals surface area contributed by atoms with Crippen LogP contribution in [-0.4, -0.2) is 61.0 Å². The van der Waals surface area contributed by atoms with Gasteiger partial charge >= 0.3 is 0 Å². The molecule has 0 radical (unpaired) electrons. The molecule has 0 atom stereocenters. The minimum atomic E-state index is -0.876. The molecule has 1 amide bonds. The van der Waals surface area contributed by atoms with E-state index in [2.05, 4.69) is 5.16 Å². The zero-order valence-corrected chi connectivity index (χ0v) is 13.5. The van der Waals surface area contributed by atoms with Crippen LogP contribution in [0.5, 0.6) is 0 Å². The second-order valence-electron chi connectivity index (χ2n) is 5.60. The van der Waals surface area contributed by atoms with E-state index in [1.54, 1.807) is 11.9 Å². The van der Waals surface area contributed by atoms with Crippen LogP contribution in [0.15, 0.2) is 5.16 Å². The van der Waals surface area contributed by atoms with Gasteiger partial charge in [-0.3, -0.25) is 4.79 Å². The average molecular weight is 286 g/mol. The van der Waals surface area contributed by atoms with E-state index in [1.165, 1.54) is 0 Å². The maximum atomic E-state index is 12.8. The number of likely N-dealkylation sites (N-methyl/N-ethyl adjacent to an activating group) is 2. The fourth-order valence-corrected chi connectivity index (χ4v) is 2.47. The number of hydrogen-bond acceptors (Lipinski definition) is 4. The predicted molar refractivity (Wildman–Crippen MR) is 81.8 cm³/mol. The molecular formula is C14H30N4O2. The molecule has 3 N–H and O–H groups in total. The molecule has 0 aliphatic carbocycles. The lowest BCUT2D eigenvalue weighted by Gasteiger charge is -2.35. The van der Waals surface area contributed by atoms with Crippen LogP contribution in [0, 0.1) is 5.41 Å². The van der Waals surface area contributed by atoms with Crippen LogP contribution in [-0.2, 0) is 4.79 Å². The monoisotopic (exact) mass is 286 g/mol. The van der Waals surface area contributed by atoms with E-state index in [4.69, 9.17) is 10.9 Å². The van der Waals surface area contributed by atoms with Crippen LogP contribution in [0.2, 0.25) is 0 Å². The molecule has 6 heteroatoms. The first-order chi connectivity index (χ1) is 9.35. The van der Waals surface area contributed by atoms with Crippen molar-refractivity contribution in [3.63, 3.8) is 0 Å². The molecular weight excluding hydrogens is 256 g/mol. The van der Waals surface area contributed by atoms with Gasteiger partial charge in [0.15, 0.2) is 5.84 Å². The smallest absolute Gasteiger partial charge is 0.236 e. The third-order valence-electron chi connectivity index (χ3n) is 3.59. The second kappa shape index (κ2) is 8.79. The van der Waals surface area contributed by atoms with Gasteiger partial charge in [0.1, 0.15) is 5.41 Å². The van der Waals surface area contributed by atoms with Crippen molar-refractivity contribution in [2.45, 2.75) is 39.5 Å². The van der Waals surface area contributed by atoms with Crippen LogP contribution >= 0.6 is 0 Å². The number of amidine groups is 1. The Bertz CT molecular complexity index is 323. The minimum absolute atomic E-state index is 0.0305. The van der Waals surface area contributed by atoms with Crippen molar-refractivity contribution in [1.29, 1.82) is 0 Å². The number of carbonyl (C=O) groups is 1. The lowest BCUT2D eigenvalue weighted by molar-refractivity contribution is -0.138. The molecule has 0 saturated carbocycles. The molecule has 0 aromatic rings. The highest BCUT2D eigenvalue weighted by molar-refractivity contribution is 6.06. The van der Waals surface area contributed by atoms with Gasteiger partial charge in [-0.15, -0.1) is 0 Å². The number of amides is 1. The Morgan fingerprint density at radius 1 is 1.15 bits per heavy atom. The summed E-state index contributed by atoms with van der Waals surface area (Å²) in [6, 6.07) is 0. The normalized spacial score (nSPS) is 12.8. The lowest BCUT2D eigenvalue weighted by Crippen LogP contribution is -2.51. The van der Waals surface area contributed by atoms with Crippen LogP contribution in [0.3, 0.4) is 0 Å². The van der Waals surface area contributed by atoms with Crippen LogP contribution in [0.25, 0.3) is 0 Å². The first-order valence-electron chi connectivity index (χ1n) is 7.24. The number of hydrogen-bond donors (Lipinski definition) is 2. The van der Waals surface area contributed by atoms with Gasteiger partial charge in [-0.1, -0.05) is 31.8 Å². The largest absolute Gasteiger partial charge is 0.409 e. The number of nitrogens with zero attached hydrogens (tertiary/aromatic N) is 3. The molecule has 0 heterocycles. The Balaban J connectivity index is 5.23. The SMILES string of the molecule is CCCC(CCC)(C(=O)N(C)CCN(C)C)C(N)=NO. The van der Waals surface area contributed by atoms with E-state index in [0.717, 1.165) is 19.4 Å². The minimum Gasteiger partial charge on any atom is -0.409 e. The summed E-state index contributed by atoms with van der Waals surface area (Å²) < 4.78 is 0. The quantitative estimate of drug-likeness (QED) is 0.290. The zero-order valence-electron chi connectivity index (χ0n) is 13.5. The summed E-state index contributed by atoms with van der Waals surface area (Å²) >= 11 is 0. The van der Waals surface area contributed by atoms with E-state index in [0.29, 0.717) is 19.4 Å². The molecule has 20 heavy (non-hydrogen) atoms. The number of carbonyl (C=O) groups excluding carboxylic acids is 1. The fraction of sp³-hybridized carbons (Fsp3) is 0.857. The van der Waals surface area contributed by atoms with Crippen molar-refractivity contribution >= 4 is 11.7 Å². The third kappa shape index (κ3) is 4.67. The summed E-state index contributed by atoms with van der Waals surface area (Å²) in [6.07, 6.45) is 2.82. The Morgan fingerprint density at radius 3 is 2.00 bits per heavy atom. The first kappa shape index (κ1) is 18.7. The van der Waals surface area contributed by atoms with Gasteiger partial charge in [-0.25, -0.2) is 0 Å². The van der Waals surface area contributed by atoms with E-state index >= 15 is 0 Å². The van der Waals surface area contributed by atoms with Crippen molar-refractivity contribution in [1.82, 2.24) is 9.80 Å². The highest BCUT2D eigenvalue weighted by Gasteiger charge is 2.43. The molecule has 0 aliphatic heterocycles. The molecule has 0 aromatic carbocycles. The third-order valence-corrected chi connectivity index (χ3v) is 3.59. The molecule has 0 aliphatic rings. The van der Waals surface area contributed by atoms with Gasteiger partial charge in [-0.2, -0.15) is 0 Å². The molecule has 0 saturated heterocycles. The summed E-state index contributed by atoms with van der Waals surface area (Å²) in [5.74, 6) is -0.0266. The summed E-state index contributed by atoms with van der Waals surface area (Å²) in [5, 5.41) is 12.2. The summed E-state index contributed by atoms with van der Waals surface area (Å²) in [6.45, 7) is 5.41. The summed E-state index contributed by atoms with van der Waals surface area (Å²) in [5.41, 5.74) is 4.99. The molecule has 0 rings (SSSR count). The van der Waals surface area contributed by atoms with Gasteiger partial charge in [0.2, 0.25) is 5.91 Å². The van der Waals surface area contributed by atoms with E-state index in [9.17, 15) is 4.79 Å². The van der Waals surface area contributed by atoms with Gasteiger partial charge < -0.3 is 20.7 Å². The molecule has 0 aromatic heterocycles. The highest BCUT2D eigenvalue weighted by Crippen LogP contribution is 2.32. The lowest BCUT2D eigenvalue weighted by atomic mass is 9.76. The van der Waals surface area contributed by atoms with Crippen LogP contribution in [0.1, 0.15) is 39.5 Å². The van der Waals surface area contributed by atoms with E-state index in [1.807, 2.05) is 32.8 Å². The zero-order chi connectivity index (χ0) is 15.8. The predicted octanol–water partition coefficient (Wildman–Crippen LogP) is 1.34. The molecule has 0 unspecified atom stereocenters. The van der Waals surface area contributed by atoms with Crippen LogP contribution < -0.4 is 5.73 Å². The standard InChI is InChI=1S/C14H30N4O2/c1-6-8-14(9-7-2,12(15)16-20)13(19)18(5)11-10-17(3)4/h20H,6-11H2,1-5H3,(H2,15,16). The first-order valence-corrected chi connectivity index (χ1v) is 7.24. The number of rotatable bonds is 9. The number of nitrogens with two attached hydrogens (primary N) is 1. The van der Waals surface area contributed by atoms with Crippen molar-refractivity contribution in [3.8, 4) is 0 Å². The number of oxime groups is 1. The van der Waals surface area contributed by atoms with E-state index < -0.39 is 5.41 Å². The van der Waals surface area contributed by atoms with Gasteiger partial charge in [-0.05, 0) is 26.9 Å². The van der Waals surface area contributed by atoms with Crippen LogP contribution in [0.4, 0.5) is 0 Å². The van der Waals surface area contributed by atoms with Gasteiger partial charge in [0, 0.05) is 20.1 Å². The molecule has 0 bridgehead atoms. The molecule has 0 fully saturated rings. The molecule has 118 valence electrons. The highest BCUT2D eigenvalue weighted by atomic mass is 16.4. The van der Waals surface area contributed by atoms with Crippen molar-refractivity contribution < 1.29 is 10.0 Å². The Morgan fingerprint density at radius 2 is 1.65 bits per heavy atom. The molecule has 0 spiro atoms. The average Bonchev–Trinajstić information content (AvgIpc) is 2.42.